The van der Waals surface area contributed by atoms with E-state index in [0.29, 0.717) is 10.7 Å². The number of sulfonamides is 1. The van der Waals surface area contributed by atoms with Gasteiger partial charge < -0.3 is 10.2 Å². The van der Waals surface area contributed by atoms with Crippen LogP contribution in [0.25, 0.3) is 6.08 Å². The number of halogens is 1. The van der Waals surface area contributed by atoms with Gasteiger partial charge >= 0.3 is 0 Å². The average molecular weight is 420 g/mol. The lowest BCUT2D eigenvalue weighted by Crippen LogP contribution is -2.25. The molecule has 148 valence electrons. The van der Waals surface area contributed by atoms with Crippen molar-refractivity contribution in [2.75, 3.05) is 24.3 Å². The summed E-state index contributed by atoms with van der Waals surface area (Å²) >= 11 is 6.02. The maximum Gasteiger partial charge on any atom is 0.248 e. The monoisotopic (exact) mass is 419 g/mol. The third-order valence-electron chi connectivity index (χ3n) is 4.22. The third kappa shape index (κ3) is 5.34. The van der Waals surface area contributed by atoms with Gasteiger partial charge in [-0.05, 0) is 54.8 Å². The van der Waals surface area contributed by atoms with E-state index in [2.05, 4.69) is 10.0 Å². The summed E-state index contributed by atoms with van der Waals surface area (Å²) in [6.45, 7) is 0. The molecule has 1 saturated carbocycles. The number of nitrogens with zero attached hydrogens (tertiary/aromatic N) is 1. The van der Waals surface area contributed by atoms with E-state index in [-0.39, 0.29) is 16.8 Å². The van der Waals surface area contributed by atoms with E-state index in [9.17, 15) is 13.2 Å². The van der Waals surface area contributed by atoms with Crippen molar-refractivity contribution < 1.29 is 13.2 Å². The van der Waals surface area contributed by atoms with Crippen LogP contribution in [0.1, 0.15) is 18.4 Å². The molecule has 0 atom stereocenters. The molecular weight excluding hydrogens is 398 g/mol. The maximum atomic E-state index is 12.3. The molecule has 2 aromatic rings. The highest BCUT2D eigenvalue weighted by atomic mass is 35.5. The van der Waals surface area contributed by atoms with Gasteiger partial charge in [0.25, 0.3) is 0 Å². The van der Waals surface area contributed by atoms with Crippen molar-refractivity contribution in [2.45, 2.75) is 23.8 Å². The SMILES string of the molecule is CN(C)c1ccc(Cl)cc1NC(=O)/C=C/c1ccc(S(=O)(=O)NC2CC2)cc1. The molecule has 3 rings (SSSR count). The van der Waals surface area contributed by atoms with Crippen LogP contribution in [-0.2, 0) is 14.8 Å². The molecule has 1 fully saturated rings. The van der Waals surface area contributed by atoms with Gasteiger partial charge in [0.1, 0.15) is 0 Å². The summed E-state index contributed by atoms with van der Waals surface area (Å²) in [4.78, 5) is 14.4. The lowest BCUT2D eigenvalue weighted by molar-refractivity contribution is -0.111. The third-order valence-corrected chi connectivity index (χ3v) is 5.99. The Kier molecular flexibility index (Phi) is 6.07. The Morgan fingerprint density at radius 3 is 2.43 bits per heavy atom. The van der Waals surface area contributed by atoms with E-state index in [1.165, 1.54) is 18.2 Å². The molecule has 1 amide bonds. The summed E-state index contributed by atoms with van der Waals surface area (Å²) in [6.07, 6.45) is 4.79. The van der Waals surface area contributed by atoms with Crippen molar-refractivity contribution >= 4 is 45.0 Å². The fraction of sp³-hybridized carbons (Fsp3) is 0.250. The van der Waals surface area contributed by atoms with Gasteiger partial charge in [0.15, 0.2) is 0 Å². The smallest absolute Gasteiger partial charge is 0.248 e. The van der Waals surface area contributed by atoms with E-state index in [0.717, 1.165) is 24.1 Å². The zero-order chi connectivity index (χ0) is 20.3. The molecule has 2 aromatic carbocycles. The van der Waals surface area contributed by atoms with E-state index < -0.39 is 10.0 Å². The molecule has 0 unspecified atom stereocenters. The first-order valence-electron chi connectivity index (χ1n) is 8.83. The minimum Gasteiger partial charge on any atom is -0.376 e. The van der Waals surface area contributed by atoms with Crippen molar-refractivity contribution in [3.63, 3.8) is 0 Å². The van der Waals surface area contributed by atoms with E-state index in [1.807, 2.05) is 25.1 Å². The minimum atomic E-state index is -3.47. The molecular formula is C20H22ClN3O3S. The molecule has 0 bridgehead atoms. The molecule has 1 aliphatic rings. The molecule has 8 heteroatoms. The average Bonchev–Trinajstić information content (AvgIpc) is 3.43. The summed E-state index contributed by atoms with van der Waals surface area (Å²) in [6, 6.07) is 11.7. The zero-order valence-corrected chi connectivity index (χ0v) is 17.2. The molecule has 0 saturated heterocycles. The number of anilines is 2. The van der Waals surface area contributed by atoms with Crippen LogP contribution in [-0.4, -0.2) is 34.5 Å². The molecule has 0 heterocycles. The first kappa shape index (κ1) is 20.4. The highest BCUT2D eigenvalue weighted by Crippen LogP contribution is 2.28. The number of carbonyl (C=O) groups excluding carboxylic acids is 1. The van der Waals surface area contributed by atoms with Gasteiger partial charge in [-0.25, -0.2) is 13.1 Å². The number of hydrogen-bond acceptors (Lipinski definition) is 4. The first-order valence-corrected chi connectivity index (χ1v) is 10.7. The van der Waals surface area contributed by atoms with Crippen molar-refractivity contribution in [3.8, 4) is 0 Å². The normalized spacial score (nSPS) is 14.2. The molecule has 28 heavy (non-hydrogen) atoms. The van der Waals surface area contributed by atoms with E-state index in [1.54, 1.807) is 30.3 Å². The maximum absolute atomic E-state index is 12.3. The Labute approximate surface area is 170 Å². The number of carbonyl (C=O) groups is 1. The summed E-state index contributed by atoms with van der Waals surface area (Å²) < 4.78 is 27.0. The molecule has 0 spiro atoms. The molecule has 2 N–H and O–H groups in total. The molecule has 0 aliphatic heterocycles. The van der Waals surface area contributed by atoms with Crippen LogP contribution in [0.5, 0.6) is 0 Å². The van der Waals surface area contributed by atoms with Gasteiger partial charge in [0.2, 0.25) is 15.9 Å². The summed E-state index contributed by atoms with van der Waals surface area (Å²) in [5.74, 6) is -0.308. The highest BCUT2D eigenvalue weighted by Gasteiger charge is 2.27. The molecule has 1 aliphatic carbocycles. The second kappa shape index (κ2) is 8.34. The van der Waals surface area contributed by atoms with Crippen LogP contribution in [0.15, 0.2) is 53.4 Å². The minimum absolute atomic E-state index is 0.0619. The Morgan fingerprint density at radius 1 is 1.14 bits per heavy atom. The van der Waals surface area contributed by atoms with Crippen LogP contribution in [0.2, 0.25) is 5.02 Å². The van der Waals surface area contributed by atoms with Gasteiger partial charge in [-0.1, -0.05) is 23.7 Å². The zero-order valence-electron chi connectivity index (χ0n) is 15.6. The van der Waals surface area contributed by atoms with Crippen LogP contribution in [0.3, 0.4) is 0 Å². The van der Waals surface area contributed by atoms with Gasteiger partial charge in [-0.15, -0.1) is 0 Å². The predicted molar refractivity (Wildman–Crippen MR) is 113 cm³/mol. The van der Waals surface area contributed by atoms with Gasteiger partial charge in [0, 0.05) is 31.2 Å². The standard InChI is InChI=1S/C20H22ClN3O3S/c1-24(2)19-11-6-15(21)13-18(19)22-20(25)12-5-14-3-9-17(10-4-14)28(26,27)23-16-7-8-16/h3-6,9-13,16,23H,7-8H2,1-2H3,(H,22,25)/b12-5+. The number of nitrogens with one attached hydrogen (secondary N) is 2. The Hall–Kier alpha value is -2.35. The van der Waals surface area contributed by atoms with Crippen molar-refractivity contribution in [3.05, 3.63) is 59.1 Å². The van der Waals surface area contributed by atoms with Gasteiger partial charge in [-0.3, -0.25) is 4.79 Å². The van der Waals surface area contributed by atoms with Crippen LogP contribution >= 0.6 is 11.6 Å². The lowest BCUT2D eigenvalue weighted by Gasteiger charge is -2.17. The number of hydrogen-bond donors (Lipinski definition) is 2. The first-order chi connectivity index (χ1) is 13.2. The topological polar surface area (TPSA) is 78.5 Å². The van der Waals surface area contributed by atoms with Gasteiger partial charge in [-0.2, -0.15) is 0 Å². The summed E-state index contributed by atoms with van der Waals surface area (Å²) in [5, 5.41) is 3.34. The second-order valence-corrected chi connectivity index (χ2v) is 8.99. The van der Waals surface area contributed by atoms with E-state index >= 15 is 0 Å². The van der Waals surface area contributed by atoms with Crippen molar-refractivity contribution in [1.29, 1.82) is 0 Å². The lowest BCUT2D eigenvalue weighted by atomic mass is 10.2. The summed E-state index contributed by atoms with van der Waals surface area (Å²) in [7, 11) is 0.281. The predicted octanol–water partition coefficient (Wildman–Crippen LogP) is 3.50. The van der Waals surface area contributed by atoms with E-state index in [4.69, 9.17) is 11.6 Å². The largest absolute Gasteiger partial charge is 0.376 e. The number of rotatable bonds is 7. The Morgan fingerprint density at radius 2 is 1.82 bits per heavy atom. The van der Waals surface area contributed by atoms with Crippen LogP contribution in [0.4, 0.5) is 11.4 Å². The number of benzene rings is 2. The van der Waals surface area contributed by atoms with Crippen LogP contribution < -0.4 is 14.9 Å². The quantitative estimate of drug-likeness (QED) is 0.673. The Balaban J connectivity index is 1.67. The fourth-order valence-corrected chi connectivity index (χ4v) is 4.07. The van der Waals surface area contributed by atoms with Crippen molar-refractivity contribution in [1.82, 2.24) is 4.72 Å². The number of amides is 1. The Bertz CT molecular complexity index is 998. The summed E-state index contributed by atoms with van der Waals surface area (Å²) in [5.41, 5.74) is 2.17. The highest BCUT2D eigenvalue weighted by molar-refractivity contribution is 7.89. The second-order valence-electron chi connectivity index (χ2n) is 6.84. The fourth-order valence-electron chi connectivity index (χ4n) is 2.59. The molecule has 0 radical (unpaired) electrons. The van der Waals surface area contributed by atoms with Crippen molar-refractivity contribution in [2.24, 2.45) is 0 Å². The molecule has 0 aromatic heterocycles. The van der Waals surface area contributed by atoms with Gasteiger partial charge in [0.05, 0.1) is 16.3 Å². The van der Waals surface area contributed by atoms with Crippen LogP contribution in [0, 0.1) is 0 Å². The molecule has 6 nitrogen and oxygen atoms in total.